The largest absolute Gasteiger partial charge is 0.297 e. The molecule has 0 aromatic heterocycles. The van der Waals surface area contributed by atoms with E-state index in [-0.39, 0.29) is 0 Å². The average Bonchev–Trinajstić information content (AvgIpc) is 2.29. The van der Waals surface area contributed by atoms with Crippen LogP contribution in [0.1, 0.15) is 33.1 Å². The standard InChI is InChI=1S/C9H16N2/c1-8-4-5-9(2)11(8)7-3-6-10/h8-9H,3-5,7H2,1-2H3. The zero-order valence-corrected chi connectivity index (χ0v) is 7.38. The first-order valence-corrected chi connectivity index (χ1v) is 4.38. The summed E-state index contributed by atoms with van der Waals surface area (Å²) < 4.78 is 0. The van der Waals surface area contributed by atoms with E-state index in [2.05, 4.69) is 24.8 Å². The average molecular weight is 152 g/mol. The van der Waals surface area contributed by atoms with E-state index in [1.54, 1.807) is 0 Å². The number of nitrogens with zero attached hydrogens (tertiary/aromatic N) is 2. The maximum Gasteiger partial charge on any atom is 0.0635 e. The second-order valence-electron chi connectivity index (χ2n) is 3.42. The van der Waals surface area contributed by atoms with Crippen LogP contribution < -0.4 is 0 Å². The van der Waals surface area contributed by atoms with E-state index in [9.17, 15) is 0 Å². The van der Waals surface area contributed by atoms with Gasteiger partial charge in [0.05, 0.1) is 6.07 Å². The maximum absolute atomic E-state index is 8.42. The van der Waals surface area contributed by atoms with Crippen molar-refractivity contribution in [2.45, 2.75) is 45.2 Å². The molecule has 0 radical (unpaired) electrons. The summed E-state index contributed by atoms with van der Waals surface area (Å²) in [4.78, 5) is 2.43. The third kappa shape index (κ3) is 1.94. The van der Waals surface area contributed by atoms with Gasteiger partial charge in [0.2, 0.25) is 0 Å². The van der Waals surface area contributed by atoms with Gasteiger partial charge in [-0.05, 0) is 26.7 Å². The van der Waals surface area contributed by atoms with Crippen LogP contribution in [-0.4, -0.2) is 23.5 Å². The number of hydrogen-bond donors (Lipinski definition) is 0. The molecule has 0 bridgehead atoms. The molecule has 0 amide bonds. The molecule has 1 aliphatic heterocycles. The summed E-state index contributed by atoms with van der Waals surface area (Å²) in [6.45, 7) is 5.46. The van der Waals surface area contributed by atoms with Crippen LogP contribution in [0, 0.1) is 11.3 Å². The van der Waals surface area contributed by atoms with Crippen molar-refractivity contribution in [3.05, 3.63) is 0 Å². The van der Waals surface area contributed by atoms with Crippen molar-refractivity contribution < 1.29 is 0 Å². The predicted octanol–water partition coefficient (Wildman–Crippen LogP) is 1.77. The minimum Gasteiger partial charge on any atom is -0.297 e. The Morgan fingerprint density at radius 3 is 2.36 bits per heavy atom. The second kappa shape index (κ2) is 3.73. The lowest BCUT2D eigenvalue weighted by atomic mass is 10.2. The summed E-state index contributed by atoms with van der Waals surface area (Å²) in [6.07, 6.45) is 3.27. The van der Waals surface area contributed by atoms with E-state index in [1.807, 2.05) is 0 Å². The number of rotatable bonds is 2. The van der Waals surface area contributed by atoms with Crippen LogP contribution in [0.5, 0.6) is 0 Å². The van der Waals surface area contributed by atoms with Crippen LogP contribution in [0.4, 0.5) is 0 Å². The van der Waals surface area contributed by atoms with Gasteiger partial charge in [0.25, 0.3) is 0 Å². The Bertz CT molecular complexity index is 149. The fourth-order valence-electron chi connectivity index (χ4n) is 1.87. The summed E-state index contributed by atoms with van der Waals surface area (Å²) >= 11 is 0. The highest BCUT2D eigenvalue weighted by Crippen LogP contribution is 2.22. The van der Waals surface area contributed by atoms with E-state index < -0.39 is 0 Å². The van der Waals surface area contributed by atoms with Gasteiger partial charge < -0.3 is 0 Å². The Hall–Kier alpha value is -0.550. The van der Waals surface area contributed by atoms with Crippen molar-refractivity contribution >= 4 is 0 Å². The van der Waals surface area contributed by atoms with Gasteiger partial charge >= 0.3 is 0 Å². The van der Waals surface area contributed by atoms with Gasteiger partial charge in [-0.25, -0.2) is 0 Å². The van der Waals surface area contributed by atoms with Crippen LogP contribution in [0.25, 0.3) is 0 Å². The first-order valence-electron chi connectivity index (χ1n) is 4.38. The van der Waals surface area contributed by atoms with Crippen molar-refractivity contribution in [2.24, 2.45) is 0 Å². The molecule has 2 heteroatoms. The van der Waals surface area contributed by atoms with Crippen molar-refractivity contribution in [2.75, 3.05) is 6.54 Å². The van der Waals surface area contributed by atoms with Gasteiger partial charge in [-0.1, -0.05) is 0 Å². The van der Waals surface area contributed by atoms with Crippen LogP contribution in [0.3, 0.4) is 0 Å². The molecule has 1 heterocycles. The first kappa shape index (κ1) is 8.55. The maximum atomic E-state index is 8.42. The van der Waals surface area contributed by atoms with Crippen molar-refractivity contribution in [1.82, 2.24) is 4.90 Å². The van der Waals surface area contributed by atoms with Gasteiger partial charge in [-0.2, -0.15) is 5.26 Å². The van der Waals surface area contributed by atoms with Crippen LogP contribution in [0.15, 0.2) is 0 Å². The third-order valence-corrected chi connectivity index (χ3v) is 2.62. The van der Waals surface area contributed by atoms with Crippen LogP contribution in [0.2, 0.25) is 0 Å². The number of hydrogen-bond acceptors (Lipinski definition) is 2. The fourth-order valence-corrected chi connectivity index (χ4v) is 1.87. The van der Waals surface area contributed by atoms with Gasteiger partial charge in [0.1, 0.15) is 0 Å². The third-order valence-electron chi connectivity index (χ3n) is 2.62. The Kier molecular flexibility index (Phi) is 2.90. The zero-order chi connectivity index (χ0) is 8.27. The smallest absolute Gasteiger partial charge is 0.0635 e. The molecule has 0 saturated carbocycles. The van der Waals surface area contributed by atoms with Gasteiger partial charge in [0, 0.05) is 25.0 Å². The molecular formula is C9H16N2. The molecule has 2 nitrogen and oxygen atoms in total. The van der Waals surface area contributed by atoms with E-state index >= 15 is 0 Å². The molecule has 11 heavy (non-hydrogen) atoms. The Morgan fingerprint density at radius 2 is 1.91 bits per heavy atom. The molecular weight excluding hydrogens is 136 g/mol. The van der Waals surface area contributed by atoms with Crippen molar-refractivity contribution in [1.29, 1.82) is 5.26 Å². The highest BCUT2D eigenvalue weighted by Gasteiger charge is 2.25. The first-order chi connectivity index (χ1) is 5.25. The molecule has 1 aliphatic rings. The van der Waals surface area contributed by atoms with Gasteiger partial charge in [-0.15, -0.1) is 0 Å². The summed E-state index contributed by atoms with van der Waals surface area (Å²) in [7, 11) is 0. The lowest BCUT2D eigenvalue weighted by Gasteiger charge is -2.24. The molecule has 1 fully saturated rings. The molecule has 62 valence electrons. The number of likely N-dealkylation sites (tertiary alicyclic amines) is 1. The van der Waals surface area contributed by atoms with Gasteiger partial charge in [-0.3, -0.25) is 4.90 Å². The normalized spacial score (nSPS) is 32.1. The minimum absolute atomic E-state index is 0.675. The molecule has 0 aromatic rings. The lowest BCUT2D eigenvalue weighted by Crippen LogP contribution is -2.33. The SMILES string of the molecule is CC1CCC(C)N1CCC#N. The quantitative estimate of drug-likeness (QED) is 0.603. The van der Waals surface area contributed by atoms with Gasteiger partial charge in [0.15, 0.2) is 0 Å². The summed E-state index contributed by atoms with van der Waals surface area (Å²) in [5.74, 6) is 0. The molecule has 2 atom stereocenters. The zero-order valence-electron chi connectivity index (χ0n) is 7.38. The second-order valence-corrected chi connectivity index (χ2v) is 3.42. The number of nitriles is 1. The molecule has 0 N–H and O–H groups in total. The molecule has 2 unspecified atom stereocenters. The summed E-state index contributed by atoms with van der Waals surface area (Å²) in [5.41, 5.74) is 0. The molecule has 1 saturated heterocycles. The van der Waals surface area contributed by atoms with E-state index in [0.717, 1.165) is 6.54 Å². The molecule has 0 aromatic carbocycles. The highest BCUT2D eigenvalue weighted by atomic mass is 15.2. The van der Waals surface area contributed by atoms with E-state index in [4.69, 9.17) is 5.26 Å². The highest BCUT2D eigenvalue weighted by molar-refractivity contribution is 4.84. The monoisotopic (exact) mass is 152 g/mol. The minimum atomic E-state index is 0.675. The molecule has 1 rings (SSSR count). The van der Waals surface area contributed by atoms with Crippen molar-refractivity contribution in [3.8, 4) is 6.07 Å². The van der Waals surface area contributed by atoms with E-state index in [1.165, 1.54) is 12.8 Å². The fraction of sp³-hybridized carbons (Fsp3) is 0.889. The van der Waals surface area contributed by atoms with E-state index in [0.29, 0.717) is 18.5 Å². The lowest BCUT2D eigenvalue weighted by molar-refractivity contribution is 0.219. The topological polar surface area (TPSA) is 27.0 Å². The Balaban J connectivity index is 2.36. The molecule has 0 aliphatic carbocycles. The Morgan fingerprint density at radius 1 is 1.36 bits per heavy atom. The summed E-state index contributed by atoms with van der Waals surface area (Å²) in [5, 5.41) is 8.42. The van der Waals surface area contributed by atoms with Crippen LogP contribution >= 0.6 is 0 Å². The Labute approximate surface area is 68.8 Å². The molecule has 0 spiro atoms. The van der Waals surface area contributed by atoms with Crippen molar-refractivity contribution in [3.63, 3.8) is 0 Å². The summed E-state index contributed by atoms with van der Waals surface area (Å²) in [6, 6.07) is 3.58. The van der Waals surface area contributed by atoms with Crippen LogP contribution in [-0.2, 0) is 0 Å². The predicted molar refractivity (Wildman–Crippen MR) is 45.1 cm³/mol.